The molecule has 0 bridgehead atoms. The number of rotatable bonds is 4. The first-order valence-electron chi connectivity index (χ1n) is 9.26. The number of nitrogen functional groups attached to an aromatic ring is 1. The highest BCUT2D eigenvalue weighted by Gasteiger charge is 2.13. The van der Waals surface area contributed by atoms with E-state index in [1.807, 2.05) is 30.3 Å². The highest BCUT2D eigenvalue weighted by Crippen LogP contribution is 2.23. The van der Waals surface area contributed by atoms with Gasteiger partial charge in [0, 0.05) is 17.3 Å². The highest BCUT2D eigenvalue weighted by atomic mass is 16.5. The van der Waals surface area contributed by atoms with Crippen molar-refractivity contribution in [2.24, 2.45) is 10.7 Å². The third kappa shape index (κ3) is 4.19. The lowest BCUT2D eigenvalue weighted by atomic mass is 10.1. The number of nitrogens with zero attached hydrogens (tertiary/aromatic N) is 1. The maximum atomic E-state index is 12.5. The van der Waals surface area contributed by atoms with Gasteiger partial charge >= 0.3 is 5.97 Å². The normalized spacial score (nSPS) is 15.5. The summed E-state index contributed by atoms with van der Waals surface area (Å²) in [6.45, 7) is 2.81. The molecule has 29 heavy (non-hydrogen) atoms. The van der Waals surface area contributed by atoms with E-state index in [2.05, 4.69) is 22.5 Å². The summed E-state index contributed by atoms with van der Waals surface area (Å²) in [6.07, 6.45) is 0. The summed E-state index contributed by atoms with van der Waals surface area (Å²) >= 11 is 0. The molecule has 1 unspecified atom stereocenters. The average Bonchev–Trinajstić information content (AvgIpc) is 3.12. The number of nitrogens with two attached hydrogens (primary N) is 1. The van der Waals surface area contributed by atoms with Crippen LogP contribution in [0.3, 0.4) is 0 Å². The smallest absolute Gasteiger partial charge is 0.343 e. The van der Waals surface area contributed by atoms with Crippen molar-refractivity contribution in [2.45, 2.75) is 13.0 Å². The third-order valence-corrected chi connectivity index (χ3v) is 4.62. The van der Waals surface area contributed by atoms with Crippen molar-refractivity contribution in [3.8, 4) is 5.75 Å². The molecule has 146 valence electrons. The van der Waals surface area contributed by atoms with Crippen LogP contribution >= 0.6 is 0 Å². The van der Waals surface area contributed by atoms with Crippen LogP contribution < -0.4 is 21.1 Å². The molecule has 3 aromatic carbocycles. The van der Waals surface area contributed by atoms with Crippen molar-refractivity contribution in [1.82, 2.24) is 5.32 Å². The SMILES string of the molecule is CC1CN=C(Nc2ccc(C(=O)Oc3ccc4cc(C(=N)N)ccc4c3)cc2)N1. The molecular formula is C22H21N5O2. The minimum absolute atomic E-state index is 0.0191. The van der Waals surface area contributed by atoms with Crippen LogP contribution in [0.5, 0.6) is 5.75 Å². The lowest BCUT2D eigenvalue weighted by molar-refractivity contribution is 0.0735. The second kappa shape index (κ2) is 7.63. The maximum absolute atomic E-state index is 12.5. The van der Waals surface area contributed by atoms with Gasteiger partial charge in [-0.15, -0.1) is 0 Å². The second-order valence-electron chi connectivity index (χ2n) is 6.96. The highest BCUT2D eigenvalue weighted by molar-refractivity contribution is 6.00. The summed E-state index contributed by atoms with van der Waals surface area (Å²) in [5.74, 6) is 0.780. The molecule has 1 atom stereocenters. The first-order valence-corrected chi connectivity index (χ1v) is 9.26. The van der Waals surface area contributed by atoms with E-state index in [0.29, 0.717) is 22.9 Å². The summed E-state index contributed by atoms with van der Waals surface area (Å²) < 4.78 is 5.51. The number of ether oxygens (including phenoxy) is 1. The van der Waals surface area contributed by atoms with E-state index in [9.17, 15) is 4.79 Å². The van der Waals surface area contributed by atoms with Gasteiger partial charge in [0.05, 0.1) is 12.1 Å². The summed E-state index contributed by atoms with van der Waals surface area (Å²) in [5.41, 5.74) is 7.48. The molecule has 4 rings (SSSR count). The Morgan fingerprint density at radius 1 is 1.10 bits per heavy atom. The van der Waals surface area contributed by atoms with Crippen LogP contribution in [-0.4, -0.2) is 30.4 Å². The Labute approximate surface area is 168 Å². The zero-order valence-electron chi connectivity index (χ0n) is 15.9. The molecule has 0 radical (unpaired) electrons. The van der Waals surface area contributed by atoms with E-state index in [-0.39, 0.29) is 5.84 Å². The molecule has 0 amide bonds. The van der Waals surface area contributed by atoms with E-state index >= 15 is 0 Å². The van der Waals surface area contributed by atoms with Gasteiger partial charge < -0.3 is 21.1 Å². The van der Waals surface area contributed by atoms with Crippen LogP contribution in [0.4, 0.5) is 5.69 Å². The minimum Gasteiger partial charge on any atom is -0.423 e. The number of anilines is 1. The van der Waals surface area contributed by atoms with Gasteiger partial charge in [0.15, 0.2) is 5.96 Å². The molecule has 0 saturated carbocycles. The Bertz CT molecular complexity index is 1120. The Kier molecular flexibility index (Phi) is 4.87. The van der Waals surface area contributed by atoms with Gasteiger partial charge in [-0.1, -0.05) is 18.2 Å². The minimum atomic E-state index is -0.429. The van der Waals surface area contributed by atoms with Gasteiger partial charge in [0.2, 0.25) is 0 Å². The molecular weight excluding hydrogens is 366 g/mol. The number of hydrogen-bond donors (Lipinski definition) is 4. The number of benzene rings is 3. The topological polar surface area (TPSA) is 113 Å². The fourth-order valence-electron chi connectivity index (χ4n) is 3.08. The van der Waals surface area contributed by atoms with E-state index in [1.165, 1.54) is 0 Å². The van der Waals surface area contributed by atoms with E-state index < -0.39 is 5.97 Å². The van der Waals surface area contributed by atoms with Gasteiger partial charge in [0.25, 0.3) is 0 Å². The molecule has 0 aliphatic carbocycles. The Morgan fingerprint density at radius 2 is 1.79 bits per heavy atom. The van der Waals surface area contributed by atoms with Crippen LogP contribution in [0, 0.1) is 5.41 Å². The number of hydrogen-bond acceptors (Lipinski definition) is 6. The number of fused-ring (bicyclic) bond motifs is 1. The molecule has 3 aromatic rings. The summed E-state index contributed by atoms with van der Waals surface area (Å²) in [7, 11) is 0. The number of aliphatic imine (C=N–C) groups is 1. The average molecular weight is 387 g/mol. The van der Waals surface area contributed by atoms with Crippen molar-refractivity contribution in [3.63, 3.8) is 0 Å². The standard InChI is InChI=1S/C22H21N5O2/c1-13-12-25-22(26-13)27-18-7-4-14(5-8-18)21(28)29-19-9-6-15-10-17(20(23)24)3-2-16(15)11-19/h2-11,13H,12H2,1H3,(H3,23,24)(H2,25,26,27). The number of carbonyl (C=O) groups is 1. The first kappa shape index (κ1) is 18.5. The van der Waals surface area contributed by atoms with E-state index in [0.717, 1.165) is 29.0 Å². The van der Waals surface area contributed by atoms with Gasteiger partial charge in [-0.05, 0) is 60.2 Å². The summed E-state index contributed by atoms with van der Waals surface area (Å²) in [6, 6.07) is 18.2. The number of esters is 1. The predicted molar refractivity (Wildman–Crippen MR) is 115 cm³/mol. The summed E-state index contributed by atoms with van der Waals surface area (Å²) in [4.78, 5) is 16.8. The van der Waals surface area contributed by atoms with E-state index in [4.69, 9.17) is 15.9 Å². The number of amidine groups is 1. The lowest BCUT2D eigenvalue weighted by Gasteiger charge is -2.10. The monoisotopic (exact) mass is 387 g/mol. The molecule has 1 heterocycles. The molecule has 1 aliphatic heterocycles. The van der Waals surface area contributed by atoms with Crippen molar-refractivity contribution in [1.29, 1.82) is 5.41 Å². The quantitative estimate of drug-likeness (QED) is 0.238. The van der Waals surface area contributed by atoms with Crippen molar-refractivity contribution in [2.75, 3.05) is 11.9 Å². The third-order valence-electron chi connectivity index (χ3n) is 4.62. The van der Waals surface area contributed by atoms with Crippen LogP contribution in [0.25, 0.3) is 10.8 Å². The van der Waals surface area contributed by atoms with Crippen molar-refractivity contribution < 1.29 is 9.53 Å². The zero-order chi connectivity index (χ0) is 20.4. The zero-order valence-corrected chi connectivity index (χ0v) is 15.9. The largest absolute Gasteiger partial charge is 0.423 e. The maximum Gasteiger partial charge on any atom is 0.343 e. The fraction of sp³-hybridized carbons (Fsp3) is 0.136. The summed E-state index contributed by atoms with van der Waals surface area (Å²) in [5, 5.41) is 15.8. The Balaban J connectivity index is 1.44. The number of nitrogens with one attached hydrogen (secondary N) is 3. The predicted octanol–water partition coefficient (Wildman–Crippen LogP) is 3.10. The number of guanidine groups is 1. The molecule has 0 aromatic heterocycles. The Hall–Kier alpha value is -3.87. The van der Waals surface area contributed by atoms with Crippen LogP contribution in [0.15, 0.2) is 65.7 Å². The molecule has 7 nitrogen and oxygen atoms in total. The molecule has 0 saturated heterocycles. The molecule has 7 heteroatoms. The van der Waals surface area contributed by atoms with Crippen molar-refractivity contribution >= 4 is 34.2 Å². The fourth-order valence-corrected chi connectivity index (χ4v) is 3.08. The Morgan fingerprint density at radius 3 is 2.48 bits per heavy atom. The second-order valence-corrected chi connectivity index (χ2v) is 6.96. The van der Waals surface area contributed by atoms with Crippen molar-refractivity contribution in [3.05, 3.63) is 71.8 Å². The molecule has 5 N–H and O–H groups in total. The van der Waals surface area contributed by atoms with Crippen LogP contribution in [0.1, 0.15) is 22.8 Å². The van der Waals surface area contributed by atoms with Gasteiger partial charge in [0.1, 0.15) is 11.6 Å². The molecule has 0 fully saturated rings. The molecule has 0 spiro atoms. The first-order chi connectivity index (χ1) is 14.0. The van der Waals surface area contributed by atoms with Gasteiger partial charge in [-0.3, -0.25) is 10.4 Å². The molecule has 1 aliphatic rings. The van der Waals surface area contributed by atoms with Gasteiger partial charge in [-0.25, -0.2) is 4.79 Å². The van der Waals surface area contributed by atoms with E-state index in [1.54, 1.807) is 30.3 Å². The van der Waals surface area contributed by atoms with Gasteiger partial charge in [-0.2, -0.15) is 0 Å². The lowest BCUT2D eigenvalue weighted by Crippen LogP contribution is -2.32. The van der Waals surface area contributed by atoms with Crippen LogP contribution in [0.2, 0.25) is 0 Å². The number of carbonyl (C=O) groups excluding carboxylic acids is 1. The van der Waals surface area contributed by atoms with Crippen LogP contribution in [-0.2, 0) is 0 Å².